The zero-order chi connectivity index (χ0) is 22.8. The molecule has 164 valence electrons. The SMILES string of the molecule is COc1nc2c(C(N)=O)cccc2n1-c1ncc(N(C)C)c(NCc2cccc(F)c2)n1. The fourth-order valence-electron chi connectivity index (χ4n) is 3.37. The van der Waals surface area contributed by atoms with Gasteiger partial charge in [0.1, 0.15) is 11.3 Å². The van der Waals surface area contributed by atoms with E-state index in [9.17, 15) is 9.18 Å². The number of carbonyl (C=O) groups is 1. The molecule has 10 heteroatoms. The fourth-order valence-corrected chi connectivity index (χ4v) is 3.37. The van der Waals surface area contributed by atoms with Crippen LogP contribution in [0.5, 0.6) is 6.01 Å². The first-order chi connectivity index (χ1) is 15.4. The van der Waals surface area contributed by atoms with Gasteiger partial charge in [-0.15, -0.1) is 0 Å². The van der Waals surface area contributed by atoms with Gasteiger partial charge in [0.2, 0.25) is 5.95 Å². The van der Waals surface area contributed by atoms with Crippen molar-refractivity contribution in [1.29, 1.82) is 0 Å². The Bertz CT molecular complexity index is 1300. The summed E-state index contributed by atoms with van der Waals surface area (Å²) in [5.74, 6) is -0.0675. The highest BCUT2D eigenvalue weighted by Gasteiger charge is 2.20. The molecule has 4 rings (SSSR count). The number of rotatable bonds is 7. The van der Waals surface area contributed by atoms with Crippen LogP contribution in [0.1, 0.15) is 15.9 Å². The molecule has 0 bridgehead atoms. The molecule has 2 heterocycles. The number of benzene rings is 2. The van der Waals surface area contributed by atoms with Gasteiger partial charge in [0.15, 0.2) is 5.82 Å². The number of nitrogens with zero attached hydrogens (tertiary/aromatic N) is 5. The van der Waals surface area contributed by atoms with E-state index in [-0.39, 0.29) is 17.4 Å². The molecule has 0 saturated heterocycles. The molecule has 0 fully saturated rings. The second-order valence-corrected chi connectivity index (χ2v) is 7.25. The number of ether oxygens (including phenoxy) is 1. The molecule has 0 unspecified atom stereocenters. The van der Waals surface area contributed by atoms with E-state index >= 15 is 0 Å². The quantitative estimate of drug-likeness (QED) is 0.459. The third-order valence-electron chi connectivity index (χ3n) is 4.89. The Kier molecular flexibility index (Phi) is 5.59. The van der Waals surface area contributed by atoms with Crippen molar-refractivity contribution in [1.82, 2.24) is 19.5 Å². The first kappa shape index (κ1) is 21.0. The van der Waals surface area contributed by atoms with Crippen LogP contribution < -0.4 is 20.7 Å². The van der Waals surface area contributed by atoms with Gasteiger partial charge in [-0.2, -0.15) is 9.97 Å². The smallest absolute Gasteiger partial charge is 0.304 e. The summed E-state index contributed by atoms with van der Waals surface area (Å²) in [6.07, 6.45) is 1.67. The summed E-state index contributed by atoms with van der Waals surface area (Å²) in [4.78, 5) is 27.3. The van der Waals surface area contributed by atoms with Gasteiger partial charge in [0.25, 0.3) is 5.91 Å². The number of para-hydroxylation sites is 1. The molecule has 0 atom stereocenters. The molecule has 0 aliphatic heterocycles. The normalized spacial score (nSPS) is 10.9. The predicted molar refractivity (Wildman–Crippen MR) is 120 cm³/mol. The van der Waals surface area contributed by atoms with Crippen LogP contribution in [0.2, 0.25) is 0 Å². The first-order valence-corrected chi connectivity index (χ1v) is 9.77. The predicted octanol–water partition coefficient (Wildman–Crippen LogP) is 2.74. The number of amides is 1. The van der Waals surface area contributed by atoms with Crippen molar-refractivity contribution < 1.29 is 13.9 Å². The largest absolute Gasteiger partial charge is 0.468 e. The molecule has 0 radical (unpaired) electrons. The van der Waals surface area contributed by atoms with Crippen molar-refractivity contribution in [2.75, 3.05) is 31.4 Å². The lowest BCUT2D eigenvalue weighted by Gasteiger charge is -2.18. The molecule has 3 N–H and O–H groups in total. The Hall–Kier alpha value is -4.21. The van der Waals surface area contributed by atoms with E-state index in [1.807, 2.05) is 25.1 Å². The number of primary amides is 1. The summed E-state index contributed by atoms with van der Waals surface area (Å²) in [5.41, 5.74) is 8.25. The lowest BCUT2D eigenvalue weighted by Crippen LogP contribution is -2.16. The maximum absolute atomic E-state index is 13.6. The molecule has 0 aliphatic carbocycles. The van der Waals surface area contributed by atoms with E-state index < -0.39 is 5.91 Å². The Labute approximate surface area is 183 Å². The zero-order valence-electron chi connectivity index (χ0n) is 17.8. The minimum atomic E-state index is -0.593. The average molecular weight is 435 g/mol. The third kappa shape index (κ3) is 3.89. The van der Waals surface area contributed by atoms with Gasteiger partial charge < -0.3 is 20.7 Å². The molecule has 0 spiro atoms. The second kappa shape index (κ2) is 8.50. The molecule has 9 nitrogen and oxygen atoms in total. The van der Waals surface area contributed by atoms with Crippen molar-refractivity contribution in [2.24, 2.45) is 5.73 Å². The van der Waals surface area contributed by atoms with Crippen LogP contribution in [-0.4, -0.2) is 46.6 Å². The lowest BCUT2D eigenvalue weighted by molar-refractivity contribution is 0.100. The van der Waals surface area contributed by atoms with E-state index in [2.05, 4.69) is 20.3 Å². The number of carbonyl (C=O) groups excluding carboxylic acids is 1. The number of nitrogens with two attached hydrogens (primary N) is 1. The van der Waals surface area contributed by atoms with E-state index in [1.54, 1.807) is 35.0 Å². The van der Waals surface area contributed by atoms with Gasteiger partial charge in [0.05, 0.1) is 30.1 Å². The topological polar surface area (TPSA) is 111 Å². The van der Waals surface area contributed by atoms with Crippen molar-refractivity contribution in [3.05, 3.63) is 65.6 Å². The molecule has 0 saturated carbocycles. The van der Waals surface area contributed by atoms with Crippen molar-refractivity contribution in [2.45, 2.75) is 6.54 Å². The monoisotopic (exact) mass is 435 g/mol. The number of nitrogens with one attached hydrogen (secondary N) is 1. The molecule has 0 aliphatic rings. The summed E-state index contributed by atoms with van der Waals surface area (Å²) in [5, 5.41) is 3.25. The highest BCUT2D eigenvalue weighted by Crippen LogP contribution is 2.29. The van der Waals surface area contributed by atoms with Crippen LogP contribution >= 0.6 is 0 Å². The molecule has 2 aromatic heterocycles. The lowest BCUT2D eigenvalue weighted by atomic mass is 10.2. The van der Waals surface area contributed by atoms with Crippen molar-refractivity contribution in [3.63, 3.8) is 0 Å². The summed E-state index contributed by atoms with van der Waals surface area (Å²) >= 11 is 0. The first-order valence-electron chi connectivity index (χ1n) is 9.77. The average Bonchev–Trinajstić information content (AvgIpc) is 3.16. The molecular weight excluding hydrogens is 413 g/mol. The van der Waals surface area contributed by atoms with Crippen LogP contribution in [0.3, 0.4) is 0 Å². The van der Waals surface area contributed by atoms with Gasteiger partial charge >= 0.3 is 6.01 Å². The number of fused-ring (bicyclic) bond motifs is 1. The highest BCUT2D eigenvalue weighted by atomic mass is 19.1. The third-order valence-corrected chi connectivity index (χ3v) is 4.89. The summed E-state index contributed by atoms with van der Waals surface area (Å²) in [7, 11) is 5.22. The van der Waals surface area contributed by atoms with Gasteiger partial charge in [-0.05, 0) is 29.8 Å². The number of aromatic nitrogens is 4. The van der Waals surface area contributed by atoms with E-state index in [1.165, 1.54) is 19.2 Å². The number of hydrogen-bond acceptors (Lipinski definition) is 7. The maximum atomic E-state index is 13.6. The summed E-state index contributed by atoms with van der Waals surface area (Å²) in [6, 6.07) is 11.6. The van der Waals surface area contributed by atoms with Crippen LogP contribution in [0.25, 0.3) is 17.0 Å². The van der Waals surface area contributed by atoms with E-state index in [0.29, 0.717) is 29.3 Å². The van der Waals surface area contributed by atoms with Crippen molar-refractivity contribution in [3.8, 4) is 12.0 Å². The summed E-state index contributed by atoms with van der Waals surface area (Å²) < 4.78 is 20.6. The number of methoxy groups -OCH3 is 1. The number of anilines is 2. The van der Waals surface area contributed by atoms with Crippen LogP contribution in [0.15, 0.2) is 48.7 Å². The van der Waals surface area contributed by atoms with Gasteiger partial charge in [-0.25, -0.2) is 13.9 Å². The van der Waals surface area contributed by atoms with Crippen LogP contribution in [0.4, 0.5) is 15.9 Å². The van der Waals surface area contributed by atoms with Gasteiger partial charge in [-0.1, -0.05) is 18.2 Å². The standard InChI is InChI=1S/C22H22FN7O2/c1-29(2)17-12-26-21(28-20(17)25-11-13-6-4-7-14(23)10-13)30-16-9-5-8-15(19(24)31)18(16)27-22(30)32-3/h4-10,12H,11H2,1-3H3,(H2,24,31)(H,25,26,28). The number of hydrogen-bond donors (Lipinski definition) is 2. The van der Waals surface area contributed by atoms with Gasteiger partial charge in [-0.3, -0.25) is 4.79 Å². The summed E-state index contributed by atoms with van der Waals surface area (Å²) in [6.45, 7) is 0.364. The Morgan fingerprint density at radius 3 is 2.69 bits per heavy atom. The Morgan fingerprint density at radius 2 is 2.00 bits per heavy atom. The minimum Gasteiger partial charge on any atom is -0.468 e. The Morgan fingerprint density at radius 1 is 1.22 bits per heavy atom. The van der Waals surface area contributed by atoms with Crippen LogP contribution in [-0.2, 0) is 6.54 Å². The molecule has 4 aromatic rings. The Balaban J connectivity index is 1.81. The van der Waals surface area contributed by atoms with Gasteiger partial charge in [0, 0.05) is 20.6 Å². The second-order valence-electron chi connectivity index (χ2n) is 7.25. The molecule has 32 heavy (non-hydrogen) atoms. The number of imidazole rings is 1. The molecular formula is C22H22FN7O2. The number of halogens is 1. The van der Waals surface area contributed by atoms with Crippen LogP contribution in [0, 0.1) is 5.82 Å². The van der Waals surface area contributed by atoms with E-state index in [0.717, 1.165) is 11.3 Å². The minimum absolute atomic E-state index is 0.211. The van der Waals surface area contributed by atoms with Crippen molar-refractivity contribution >= 4 is 28.4 Å². The maximum Gasteiger partial charge on any atom is 0.304 e. The molecule has 2 aromatic carbocycles. The zero-order valence-corrected chi connectivity index (χ0v) is 17.8. The van der Waals surface area contributed by atoms with E-state index in [4.69, 9.17) is 10.5 Å². The molecule has 1 amide bonds. The fraction of sp³-hybridized carbons (Fsp3) is 0.182. The highest BCUT2D eigenvalue weighted by molar-refractivity contribution is 6.04.